The van der Waals surface area contributed by atoms with Gasteiger partial charge in [0.15, 0.2) is 0 Å². The van der Waals surface area contributed by atoms with Gasteiger partial charge in [0.2, 0.25) is 0 Å². The highest BCUT2D eigenvalue weighted by atomic mass is 35.5. The molecule has 1 unspecified atom stereocenters. The first-order chi connectivity index (χ1) is 6.38. The number of rotatable bonds is 1. The number of benzene rings is 1. The van der Waals surface area contributed by atoms with E-state index in [1.54, 1.807) is 0 Å². The van der Waals surface area contributed by atoms with E-state index in [0.29, 0.717) is 0 Å². The van der Waals surface area contributed by atoms with Crippen LogP contribution in [0.15, 0.2) is 18.2 Å². The predicted molar refractivity (Wildman–Crippen MR) is 46.8 cm³/mol. The molecule has 0 amide bonds. The van der Waals surface area contributed by atoms with Crippen LogP contribution in [0.4, 0.5) is 13.2 Å². The smallest absolute Gasteiger partial charge is 0.272 e. The third-order valence-corrected chi connectivity index (χ3v) is 2.75. The van der Waals surface area contributed by atoms with Gasteiger partial charge in [0.25, 0.3) is 5.92 Å². The predicted octanol–water partition coefficient (Wildman–Crippen LogP) is 2.67. The van der Waals surface area contributed by atoms with Crippen LogP contribution in [0.2, 0.25) is 5.02 Å². The maximum absolute atomic E-state index is 13.3. The van der Waals surface area contributed by atoms with Crippen molar-refractivity contribution in [2.24, 2.45) is 5.73 Å². The fourth-order valence-electron chi connectivity index (χ4n) is 1.45. The molecule has 0 radical (unpaired) electrons. The van der Waals surface area contributed by atoms with E-state index < -0.39 is 23.7 Å². The molecule has 0 bridgehead atoms. The lowest BCUT2D eigenvalue weighted by Gasteiger charge is -2.12. The normalized spacial score (nSPS) is 28.9. The first-order valence-electron chi connectivity index (χ1n) is 4.00. The van der Waals surface area contributed by atoms with Crippen molar-refractivity contribution in [1.82, 2.24) is 0 Å². The average molecular weight is 222 g/mol. The van der Waals surface area contributed by atoms with Crippen LogP contribution in [0, 0.1) is 5.82 Å². The van der Waals surface area contributed by atoms with E-state index in [0.717, 1.165) is 0 Å². The lowest BCUT2D eigenvalue weighted by molar-refractivity contribution is 0.0882. The van der Waals surface area contributed by atoms with Crippen LogP contribution in [0.5, 0.6) is 0 Å². The van der Waals surface area contributed by atoms with Crippen LogP contribution in [0.1, 0.15) is 12.0 Å². The fourth-order valence-corrected chi connectivity index (χ4v) is 1.62. The first-order valence-corrected chi connectivity index (χ1v) is 4.37. The summed E-state index contributed by atoms with van der Waals surface area (Å²) in [6, 6.07) is 3.94. The number of alkyl halides is 2. The number of hydrogen-bond acceptors (Lipinski definition) is 1. The molecule has 5 heteroatoms. The third kappa shape index (κ3) is 1.14. The van der Waals surface area contributed by atoms with E-state index >= 15 is 0 Å². The summed E-state index contributed by atoms with van der Waals surface area (Å²) >= 11 is 5.47. The van der Waals surface area contributed by atoms with Crippen molar-refractivity contribution in [3.8, 4) is 0 Å². The van der Waals surface area contributed by atoms with Crippen LogP contribution in [0.3, 0.4) is 0 Å². The molecule has 1 fully saturated rings. The minimum absolute atomic E-state index is 0.185. The van der Waals surface area contributed by atoms with E-state index in [2.05, 4.69) is 0 Å². The Bertz CT molecular complexity index is 394. The zero-order chi connectivity index (χ0) is 10.6. The van der Waals surface area contributed by atoms with Crippen molar-refractivity contribution in [3.63, 3.8) is 0 Å². The lowest BCUT2D eigenvalue weighted by atomic mass is 10.0. The van der Waals surface area contributed by atoms with Crippen LogP contribution < -0.4 is 5.73 Å². The van der Waals surface area contributed by atoms with Crippen molar-refractivity contribution in [2.45, 2.75) is 17.9 Å². The van der Waals surface area contributed by atoms with Crippen molar-refractivity contribution >= 4 is 11.6 Å². The Morgan fingerprint density at radius 1 is 1.36 bits per heavy atom. The van der Waals surface area contributed by atoms with Gasteiger partial charge < -0.3 is 5.73 Å². The molecule has 1 saturated carbocycles. The van der Waals surface area contributed by atoms with Gasteiger partial charge in [-0.15, -0.1) is 0 Å². The minimum atomic E-state index is -3.03. The monoisotopic (exact) mass is 221 g/mol. The molecule has 1 aromatic carbocycles. The molecule has 14 heavy (non-hydrogen) atoms. The van der Waals surface area contributed by atoms with Crippen LogP contribution in [-0.2, 0) is 5.54 Å². The van der Waals surface area contributed by atoms with Crippen LogP contribution in [0.25, 0.3) is 0 Å². The molecule has 2 N–H and O–H groups in total. The van der Waals surface area contributed by atoms with Gasteiger partial charge in [0, 0.05) is 12.0 Å². The maximum atomic E-state index is 13.3. The molecule has 1 aliphatic rings. The van der Waals surface area contributed by atoms with E-state index in [9.17, 15) is 13.2 Å². The summed E-state index contributed by atoms with van der Waals surface area (Å²) in [5, 5.41) is -0.185. The Kier molecular flexibility index (Phi) is 1.85. The SMILES string of the molecule is NC1(c2cccc(Cl)c2F)CC1(F)F. The Morgan fingerprint density at radius 2 is 1.93 bits per heavy atom. The minimum Gasteiger partial charge on any atom is -0.316 e. The van der Waals surface area contributed by atoms with Crippen molar-refractivity contribution in [2.75, 3.05) is 0 Å². The van der Waals surface area contributed by atoms with Gasteiger partial charge in [-0.1, -0.05) is 23.7 Å². The zero-order valence-electron chi connectivity index (χ0n) is 7.03. The van der Waals surface area contributed by atoms with Gasteiger partial charge in [0.05, 0.1) is 5.02 Å². The highest BCUT2D eigenvalue weighted by Crippen LogP contribution is 2.58. The highest BCUT2D eigenvalue weighted by Gasteiger charge is 2.70. The number of nitrogens with two attached hydrogens (primary N) is 1. The molecule has 2 rings (SSSR count). The maximum Gasteiger partial charge on any atom is 0.272 e. The van der Waals surface area contributed by atoms with E-state index in [4.69, 9.17) is 17.3 Å². The summed E-state index contributed by atoms with van der Waals surface area (Å²) in [5.41, 5.74) is 3.28. The number of hydrogen-bond donors (Lipinski definition) is 1. The second-order valence-corrected chi connectivity index (χ2v) is 3.86. The Labute approximate surface area is 83.7 Å². The molecule has 1 atom stereocenters. The fraction of sp³-hybridized carbons (Fsp3) is 0.333. The Hall–Kier alpha value is -0.740. The highest BCUT2D eigenvalue weighted by molar-refractivity contribution is 6.30. The number of halogens is 4. The largest absolute Gasteiger partial charge is 0.316 e. The topological polar surface area (TPSA) is 26.0 Å². The standard InChI is InChI=1S/C9H7ClF3N/c10-6-3-1-2-5(7(6)11)8(14)4-9(8,12)13/h1-3H,4,14H2. The van der Waals surface area contributed by atoms with Gasteiger partial charge in [-0.25, -0.2) is 13.2 Å². The van der Waals surface area contributed by atoms with Gasteiger partial charge >= 0.3 is 0 Å². The quantitative estimate of drug-likeness (QED) is 0.775. The van der Waals surface area contributed by atoms with Crippen LogP contribution >= 0.6 is 11.6 Å². The zero-order valence-corrected chi connectivity index (χ0v) is 7.78. The second-order valence-electron chi connectivity index (χ2n) is 3.45. The van der Waals surface area contributed by atoms with Crippen molar-refractivity contribution in [1.29, 1.82) is 0 Å². The summed E-state index contributed by atoms with van der Waals surface area (Å²) in [6.07, 6.45) is -0.530. The summed E-state index contributed by atoms with van der Waals surface area (Å²) in [5.74, 6) is -3.88. The summed E-state index contributed by atoms with van der Waals surface area (Å²) in [7, 11) is 0. The lowest BCUT2D eigenvalue weighted by Crippen LogP contribution is -2.28. The molecule has 1 aromatic rings. The van der Waals surface area contributed by atoms with Gasteiger partial charge in [-0.3, -0.25) is 0 Å². The van der Waals surface area contributed by atoms with Crippen molar-refractivity contribution in [3.05, 3.63) is 34.6 Å². The molecule has 0 aliphatic heterocycles. The summed E-state index contributed by atoms with van der Waals surface area (Å²) < 4.78 is 39.0. The Morgan fingerprint density at radius 3 is 2.43 bits per heavy atom. The van der Waals surface area contributed by atoms with E-state index in [1.165, 1.54) is 18.2 Å². The van der Waals surface area contributed by atoms with Crippen LogP contribution in [-0.4, -0.2) is 5.92 Å². The summed E-state index contributed by atoms with van der Waals surface area (Å²) in [4.78, 5) is 0. The van der Waals surface area contributed by atoms with Gasteiger partial charge in [-0.2, -0.15) is 0 Å². The molecule has 1 nitrogen and oxygen atoms in total. The molecule has 76 valence electrons. The molecule has 1 aliphatic carbocycles. The molecular weight excluding hydrogens is 215 g/mol. The third-order valence-electron chi connectivity index (χ3n) is 2.46. The summed E-state index contributed by atoms with van der Waals surface area (Å²) in [6.45, 7) is 0. The molecule has 0 saturated heterocycles. The molecule has 0 spiro atoms. The average Bonchev–Trinajstić information content (AvgIpc) is 2.58. The Balaban J connectivity index is 2.49. The van der Waals surface area contributed by atoms with Gasteiger partial charge in [-0.05, 0) is 6.07 Å². The van der Waals surface area contributed by atoms with Gasteiger partial charge in [0.1, 0.15) is 11.4 Å². The van der Waals surface area contributed by atoms with Crippen molar-refractivity contribution < 1.29 is 13.2 Å². The first kappa shape index (κ1) is 9.80. The molecular formula is C9H7ClF3N. The molecule has 0 aromatic heterocycles. The second kappa shape index (κ2) is 2.64. The van der Waals surface area contributed by atoms with E-state index in [1.807, 2.05) is 0 Å². The molecule has 0 heterocycles. The van der Waals surface area contributed by atoms with E-state index in [-0.39, 0.29) is 10.6 Å².